The highest BCUT2D eigenvalue weighted by Gasteiger charge is 2.29. The van der Waals surface area contributed by atoms with Gasteiger partial charge in [0.1, 0.15) is 0 Å². The van der Waals surface area contributed by atoms with E-state index >= 15 is 0 Å². The maximum absolute atomic E-state index is 12.4. The first-order valence-corrected chi connectivity index (χ1v) is 9.18. The molecule has 0 bridgehead atoms. The van der Waals surface area contributed by atoms with E-state index in [2.05, 4.69) is 28.1 Å². The van der Waals surface area contributed by atoms with Crippen LogP contribution >= 0.6 is 0 Å². The largest absolute Gasteiger partial charge is 0.393 e. The van der Waals surface area contributed by atoms with E-state index in [1.807, 2.05) is 18.2 Å². The summed E-state index contributed by atoms with van der Waals surface area (Å²) in [6, 6.07) is 8.67. The second kappa shape index (κ2) is 8.10. The minimum Gasteiger partial charge on any atom is -0.393 e. The maximum Gasteiger partial charge on any atom is 0.238 e. The van der Waals surface area contributed by atoms with Crippen LogP contribution in [0.4, 0.5) is 5.69 Å². The van der Waals surface area contributed by atoms with Crippen molar-refractivity contribution in [1.82, 2.24) is 9.80 Å². The molecule has 0 spiro atoms. The number of hydrogen-bond acceptors (Lipinski definition) is 4. The first kappa shape index (κ1) is 17.4. The molecule has 1 heterocycles. The van der Waals surface area contributed by atoms with Gasteiger partial charge < -0.3 is 10.4 Å². The van der Waals surface area contributed by atoms with Gasteiger partial charge in [-0.15, -0.1) is 0 Å². The number of aliphatic hydroxyl groups is 1. The van der Waals surface area contributed by atoms with Crippen LogP contribution in [0.25, 0.3) is 0 Å². The van der Waals surface area contributed by atoms with Gasteiger partial charge in [-0.2, -0.15) is 0 Å². The normalized spacial score (nSPS) is 19.6. The van der Waals surface area contributed by atoms with Crippen LogP contribution < -0.4 is 5.32 Å². The summed E-state index contributed by atoms with van der Waals surface area (Å²) in [6.07, 6.45) is 3.96. The van der Waals surface area contributed by atoms with Crippen molar-refractivity contribution in [3.05, 3.63) is 29.8 Å². The van der Waals surface area contributed by atoms with Crippen LogP contribution in [-0.4, -0.2) is 59.1 Å². The third-order valence-corrected chi connectivity index (χ3v) is 5.06. The second-order valence-electron chi connectivity index (χ2n) is 7.01. The Morgan fingerprint density at radius 2 is 1.96 bits per heavy atom. The summed E-state index contributed by atoms with van der Waals surface area (Å²) >= 11 is 0. The molecule has 5 heteroatoms. The lowest BCUT2D eigenvalue weighted by Crippen LogP contribution is -2.36. The Kier molecular flexibility index (Phi) is 5.87. The van der Waals surface area contributed by atoms with Gasteiger partial charge in [-0.1, -0.05) is 25.1 Å². The molecule has 1 aliphatic heterocycles. The lowest BCUT2D eigenvalue weighted by molar-refractivity contribution is -0.117. The Hall–Kier alpha value is -1.43. The summed E-state index contributed by atoms with van der Waals surface area (Å²) in [7, 11) is 0. The zero-order chi connectivity index (χ0) is 16.9. The van der Waals surface area contributed by atoms with Crippen molar-refractivity contribution in [1.29, 1.82) is 0 Å². The molecule has 0 atom stereocenters. The summed E-state index contributed by atoms with van der Waals surface area (Å²) in [5.74, 6) is 0.0743. The molecule has 5 nitrogen and oxygen atoms in total. The topological polar surface area (TPSA) is 55.8 Å². The molecule has 1 aromatic rings. The standard InChI is InChI=1S/C19H29N3O2/c1-2-22(16-7-8-16)14-19(24)20-18-6-4-3-5-15(18)13-21-11-9-17(23)10-12-21/h3-6,16-17,23H,2,7-14H2,1H3,(H,20,24). The zero-order valence-electron chi connectivity index (χ0n) is 14.6. The van der Waals surface area contributed by atoms with Crippen LogP contribution in [0.1, 0.15) is 38.2 Å². The van der Waals surface area contributed by atoms with Gasteiger partial charge in [0, 0.05) is 31.4 Å². The number of anilines is 1. The fourth-order valence-electron chi connectivity index (χ4n) is 3.41. The minimum absolute atomic E-state index is 0.0743. The summed E-state index contributed by atoms with van der Waals surface area (Å²) in [5.41, 5.74) is 2.07. The molecule has 1 aromatic carbocycles. The second-order valence-corrected chi connectivity index (χ2v) is 7.01. The highest BCUT2D eigenvalue weighted by molar-refractivity contribution is 5.93. The van der Waals surface area contributed by atoms with E-state index in [9.17, 15) is 9.90 Å². The molecule has 1 saturated carbocycles. The Balaban J connectivity index is 1.58. The smallest absolute Gasteiger partial charge is 0.238 e. The van der Waals surface area contributed by atoms with Crippen LogP contribution in [0.3, 0.4) is 0 Å². The number of carbonyl (C=O) groups is 1. The maximum atomic E-state index is 12.4. The number of hydrogen-bond donors (Lipinski definition) is 2. The molecule has 24 heavy (non-hydrogen) atoms. The Morgan fingerprint density at radius 3 is 2.62 bits per heavy atom. The summed E-state index contributed by atoms with van der Waals surface area (Å²) in [5, 5.41) is 12.7. The number of likely N-dealkylation sites (tertiary alicyclic amines) is 1. The molecule has 1 saturated heterocycles. The summed E-state index contributed by atoms with van der Waals surface area (Å²) in [4.78, 5) is 17.0. The van der Waals surface area contributed by atoms with Gasteiger partial charge >= 0.3 is 0 Å². The number of nitrogens with one attached hydrogen (secondary N) is 1. The number of piperidine rings is 1. The molecule has 2 N–H and O–H groups in total. The van der Waals surface area contributed by atoms with E-state index in [1.54, 1.807) is 0 Å². The van der Waals surface area contributed by atoms with Crippen LogP contribution in [-0.2, 0) is 11.3 Å². The highest BCUT2D eigenvalue weighted by Crippen LogP contribution is 2.26. The van der Waals surface area contributed by atoms with E-state index in [4.69, 9.17) is 0 Å². The molecule has 0 aromatic heterocycles. The van der Waals surface area contributed by atoms with Crippen molar-refractivity contribution >= 4 is 11.6 Å². The van der Waals surface area contributed by atoms with E-state index in [-0.39, 0.29) is 12.0 Å². The average Bonchev–Trinajstić information content (AvgIpc) is 3.41. The van der Waals surface area contributed by atoms with Crippen molar-refractivity contribution in [3.63, 3.8) is 0 Å². The molecule has 132 valence electrons. The number of carbonyl (C=O) groups excluding carboxylic acids is 1. The molecular formula is C19H29N3O2. The molecule has 2 aliphatic rings. The lowest BCUT2D eigenvalue weighted by atomic mass is 10.1. The van der Waals surface area contributed by atoms with Gasteiger partial charge in [-0.3, -0.25) is 14.6 Å². The van der Waals surface area contributed by atoms with E-state index < -0.39 is 0 Å². The Labute approximate surface area is 144 Å². The predicted molar refractivity (Wildman–Crippen MR) is 95.9 cm³/mol. The van der Waals surface area contributed by atoms with Crippen LogP contribution in [0.2, 0.25) is 0 Å². The number of nitrogens with zero attached hydrogens (tertiary/aromatic N) is 2. The number of para-hydroxylation sites is 1. The number of rotatable bonds is 7. The van der Waals surface area contributed by atoms with Crippen LogP contribution in [0, 0.1) is 0 Å². The van der Waals surface area contributed by atoms with Crippen molar-refractivity contribution in [2.75, 3.05) is 31.5 Å². The summed E-state index contributed by atoms with van der Waals surface area (Å²) in [6.45, 7) is 6.17. The minimum atomic E-state index is -0.154. The lowest BCUT2D eigenvalue weighted by Gasteiger charge is -2.30. The fraction of sp³-hybridized carbons (Fsp3) is 0.632. The van der Waals surface area contributed by atoms with Crippen LogP contribution in [0.5, 0.6) is 0 Å². The summed E-state index contributed by atoms with van der Waals surface area (Å²) < 4.78 is 0. The molecule has 0 unspecified atom stereocenters. The van der Waals surface area contributed by atoms with Crippen LogP contribution in [0.15, 0.2) is 24.3 Å². The van der Waals surface area contributed by atoms with Gasteiger partial charge in [0.2, 0.25) is 5.91 Å². The number of likely N-dealkylation sites (N-methyl/N-ethyl adjacent to an activating group) is 1. The third kappa shape index (κ3) is 4.79. The van der Waals surface area contributed by atoms with E-state index in [0.717, 1.165) is 50.3 Å². The monoisotopic (exact) mass is 331 g/mol. The number of aliphatic hydroxyl groups excluding tert-OH is 1. The molecule has 1 aliphatic carbocycles. The third-order valence-electron chi connectivity index (χ3n) is 5.06. The van der Waals surface area contributed by atoms with Crippen molar-refractivity contribution in [2.45, 2.75) is 51.3 Å². The quantitative estimate of drug-likeness (QED) is 0.803. The SMILES string of the molecule is CCN(CC(=O)Nc1ccccc1CN1CCC(O)CC1)C1CC1. The fourth-order valence-corrected chi connectivity index (χ4v) is 3.41. The van der Waals surface area contributed by atoms with Crippen molar-refractivity contribution < 1.29 is 9.90 Å². The number of benzene rings is 1. The predicted octanol–water partition coefficient (Wildman–Crippen LogP) is 2.07. The zero-order valence-corrected chi connectivity index (χ0v) is 14.6. The molecular weight excluding hydrogens is 302 g/mol. The van der Waals surface area contributed by atoms with Gasteiger partial charge in [0.15, 0.2) is 0 Å². The van der Waals surface area contributed by atoms with E-state index in [0.29, 0.717) is 12.6 Å². The molecule has 1 amide bonds. The molecule has 3 rings (SSSR count). The van der Waals surface area contributed by atoms with Gasteiger partial charge in [0.25, 0.3) is 0 Å². The van der Waals surface area contributed by atoms with Gasteiger partial charge in [-0.05, 0) is 43.9 Å². The van der Waals surface area contributed by atoms with E-state index in [1.165, 1.54) is 12.8 Å². The highest BCUT2D eigenvalue weighted by atomic mass is 16.3. The first-order valence-electron chi connectivity index (χ1n) is 9.18. The first-order chi connectivity index (χ1) is 11.7. The average molecular weight is 331 g/mol. The van der Waals surface area contributed by atoms with Gasteiger partial charge in [-0.25, -0.2) is 0 Å². The van der Waals surface area contributed by atoms with Crippen molar-refractivity contribution in [3.8, 4) is 0 Å². The molecule has 2 fully saturated rings. The molecule has 0 radical (unpaired) electrons. The van der Waals surface area contributed by atoms with Gasteiger partial charge in [0.05, 0.1) is 12.6 Å². The Morgan fingerprint density at radius 1 is 1.25 bits per heavy atom. The Bertz CT molecular complexity index is 551. The van der Waals surface area contributed by atoms with Crippen molar-refractivity contribution in [2.24, 2.45) is 0 Å². The number of amides is 1.